The van der Waals surface area contributed by atoms with Gasteiger partial charge in [0.1, 0.15) is 22.8 Å². The number of aromatic nitrogens is 1. The highest BCUT2D eigenvalue weighted by molar-refractivity contribution is 6.19. The van der Waals surface area contributed by atoms with Crippen LogP contribution in [0.1, 0.15) is 46.0 Å². The molecule has 2 unspecified atom stereocenters. The van der Waals surface area contributed by atoms with Crippen LogP contribution in [-0.4, -0.2) is 16.2 Å². The summed E-state index contributed by atoms with van der Waals surface area (Å²) >= 11 is 0. The van der Waals surface area contributed by atoms with Crippen molar-refractivity contribution in [2.45, 2.75) is 18.0 Å². The van der Waals surface area contributed by atoms with E-state index >= 15 is 0 Å². The van der Waals surface area contributed by atoms with Crippen LogP contribution < -0.4 is 5.32 Å². The van der Waals surface area contributed by atoms with Gasteiger partial charge >= 0.3 is 0 Å². The van der Waals surface area contributed by atoms with Crippen LogP contribution in [0.5, 0.6) is 0 Å². The topological polar surface area (TPSA) is 54.8 Å². The Kier molecular flexibility index (Phi) is 7.15. The number of rotatable bonds is 4. The first kappa shape index (κ1) is 34.7. The third-order valence-corrected chi connectivity index (χ3v) is 14.0. The number of nitrogens with zero attached hydrogens (tertiary/aromatic N) is 3. The van der Waals surface area contributed by atoms with Gasteiger partial charge in [-0.3, -0.25) is 0 Å². The molecule has 296 valence electrons. The van der Waals surface area contributed by atoms with Crippen LogP contribution in [0.15, 0.2) is 215 Å². The van der Waals surface area contributed by atoms with Gasteiger partial charge in [0.05, 0.1) is 22.4 Å². The number of para-hydroxylation sites is 2. The monoisotopic (exact) mass is 806 g/mol. The average Bonchev–Trinajstić information content (AvgIpc) is 4.07. The lowest BCUT2D eigenvalue weighted by atomic mass is 9.70. The van der Waals surface area contributed by atoms with Gasteiger partial charge in [0, 0.05) is 43.9 Å². The zero-order valence-corrected chi connectivity index (χ0v) is 34.2. The standard InChI is InChI=1S/C58H38N4O/c1-2-16-35(17-3-1)55-59-56(36-30-31-41-40-21-9-15-29-51(40)63-52(41)34-36)61-57(60-55)44-23-8-14-28-50(44)62-49-27-13-7-20-39(49)42-32-33-48-53(54(42)62)43-22-6-12-26-47(43)58(48)45-24-10-4-18-37(45)38-19-5-11-25-46(38)58/h1-22,24-34,44,56H,23H2,(H,59,60,61). The second kappa shape index (κ2) is 13.0. The summed E-state index contributed by atoms with van der Waals surface area (Å²) in [4.78, 5) is 10.8. The quantitative estimate of drug-likeness (QED) is 0.193. The second-order valence-corrected chi connectivity index (χ2v) is 17.1. The van der Waals surface area contributed by atoms with Crippen molar-refractivity contribution in [2.24, 2.45) is 15.9 Å². The van der Waals surface area contributed by atoms with Crippen LogP contribution in [0.2, 0.25) is 0 Å². The van der Waals surface area contributed by atoms with Crippen molar-refractivity contribution < 1.29 is 4.42 Å². The van der Waals surface area contributed by atoms with Gasteiger partial charge in [0.2, 0.25) is 0 Å². The molecule has 4 aliphatic rings. The molecule has 1 spiro atoms. The number of hydrogen-bond donors (Lipinski definition) is 1. The highest BCUT2D eigenvalue weighted by atomic mass is 16.3. The van der Waals surface area contributed by atoms with E-state index in [0.717, 1.165) is 51.2 Å². The molecule has 63 heavy (non-hydrogen) atoms. The molecule has 0 radical (unpaired) electrons. The fraction of sp³-hybridized carbons (Fsp3) is 0.0690. The number of hydrogen-bond acceptors (Lipinski definition) is 4. The lowest BCUT2D eigenvalue weighted by Gasteiger charge is -2.31. The lowest BCUT2D eigenvalue weighted by Crippen LogP contribution is -2.41. The van der Waals surface area contributed by atoms with Crippen LogP contribution in [-0.2, 0) is 5.41 Å². The number of allylic oxidation sites excluding steroid dienone is 3. The van der Waals surface area contributed by atoms with Crippen LogP contribution in [0.25, 0.3) is 71.7 Å². The van der Waals surface area contributed by atoms with Crippen LogP contribution in [0.4, 0.5) is 0 Å². The van der Waals surface area contributed by atoms with Gasteiger partial charge in [0.15, 0.2) is 6.17 Å². The number of amidine groups is 2. The summed E-state index contributed by atoms with van der Waals surface area (Å²) in [5.74, 6) is 1.60. The predicted octanol–water partition coefficient (Wildman–Crippen LogP) is 13.6. The molecule has 1 aliphatic heterocycles. The molecule has 3 aliphatic carbocycles. The molecule has 1 N–H and O–H groups in total. The Labute approximate surface area is 363 Å². The third kappa shape index (κ3) is 4.71. The van der Waals surface area contributed by atoms with Crippen LogP contribution >= 0.6 is 0 Å². The number of furan rings is 1. The first-order chi connectivity index (χ1) is 31.3. The SMILES string of the molecule is C1=CCC(C2=NC(c3ccc4c(c3)oc3ccccc34)N=C(c3ccccc3)N2)C(n2c3ccccc3c3ccc4c(c32)-c2ccccc2C42c3ccccc3-c3ccccc32)=C1. The lowest BCUT2D eigenvalue weighted by molar-refractivity contribution is 0.664. The molecule has 14 rings (SSSR count). The molecule has 0 bridgehead atoms. The first-order valence-electron chi connectivity index (χ1n) is 21.9. The Hall–Kier alpha value is -8.02. The Balaban J connectivity index is 0.997. The van der Waals surface area contributed by atoms with Gasteiger partial charge in [-0.05, 0) is 69.6 Å². The van der Waals surface area contributed by atoms with E-state index in [1.54, 1.807) is 0 Å². The molecule has 5 heteroatoms. The van der Waals surface area contributed by atoms with E-state index in [1.165, 1.54) is 72.0 Å². The van der Waals surface area contributed by atoms with E-state index in [0.29, 0.717) is 0 Å². The van der Waals surface area contributed by atoms with Crippen LogP contribution in [0.3, 0.4) is 0 Å². The summed E-state index contributed by atoms with van der Waals surface area (Å²) in [6, 6.07) is 66.0. The molecule has 0 saturated heterocycles. The summed E-state index contributed by atoms with van der Waals surface area (Å²) in [7, 11) is 0. The van der Waals surface area contributed by atoms with E-state index in [9.17, 15) is 0 Å². The molecule has 2 aromatic heterocycles. The van der Waals surface area contributed by atoms with E-state index in [-0.39, 0.29) is 5.92 Å². The first-order valence-corrected chi connectivity index (χ1v) is 21.9. The Morgan fingerprint density at radius 2 is 1.21 bits per heavy atom. The highest BCUT2D eigenvalue weighted by Crippen LogP contribution is 2.64. The third-order valence-electron chi connectivity index (χ3n) is 14.0. The zero-order valence-electron chi connectivity index (χ0n) is 34.2. The highest BCUT2D eigenvalue weighted by Gasteiger charge is 2.52. The van der Waals surface area contributed by atoms with E-state index in [4.69, 9.17) is 14.4 Å². The maximum absolute atomic E-state index is 6.39. The van der Waals surface area contributed by atoms with Crippen molar-refractivity contribution in [2.75, 3.05) is 0 Å². The molecular weight excluding hydrogens is 769 g/mol. The van der Waals surface area contributed by atoms with Crippen molar-refractivity contribution >= 4 is 61.1 Å². The molecule has 0 amide bonds. The van der Waals surface area contributed by atoms with Crippen molar-refractivity contribution in [3.05, 3.63) is 234 Å². The van der Waals surface area contributed by atoms with E-state index in [2.05, 4.69) is 192 Å². The molecule has 8 aromatic carbocycles. The van der Waals surface area contributed by atoms with E-state index < -0.39 is 11.6 Å². The molecule has 5 nitrogen and oxygen atoms in total. The number of aliphatic imine (C=N–C) groups is 2. The van der Waals surface area contributed by atoms with Crippen LogP contribution in [0, 0.1) is 5.92 Å². The molecule has 0 saturated carbocycles. The zero-order chi connectivity index (χ0) is 41.2. The minimum absolute atomic E-state index is 0.102. The van der Waals surface area contributed by atoms with Gasteiger partial charge in [-0.25, -0.2) is 9.98 Å². The second-order valence-electron chi connectivity index (χ2n) is 17.1. The van der Waals surface area contributed by atoms with Gasteiger partial charge < -0.3 is 14.3 Å². The fourth-order valence-electron chi connectivity index (χ4n) is 11.4. The number of nitrogens with one attached hydrogen (secondary N) is 1. The van der Waals surface area contributed by atoms with Gasteiger partial charge in [0.25, 0.3) is 0 Å². The summed E-state index contributed by atoms with van der Waals surface area (Å²) in [5, 5.41) is 8.48. The summed E-state index contributed by atoms with van der Waals surface area (Å²) < 4.78 is 8.95. The van der Waals surface area contributed by atoms with E-state index in [1.807, 2.05) is 18.2 Å². The van der Waals surface area contributed by atoms with Crippen molar-refractivity contribution in [3.63, 3.8) is 0 Å². The predicted molar refractivity (Wildman–Crippen MR) is 257 cm³/mol. The van der Waals surface area contributed by atoms with Gasteiger partial charge in [-0.1, -0.05) is 176 Å². The number of fused-ring (bicyclic) bond motifs is 17. The maximum Gasteiger partial charge on any atom is 0.169 e. The smallest absolute Gasteiger partial charge is 0.169 e. The maximum atomic E-state index is 6.39. The minimum atomic E-state index is -0.474. The average molecular weight is 807 g/mol. The molecule has 3 heterocycles. The molecular formula is C58H38N4O. The normalized spacial score (nSPS) is 17.9. The minimum Gasteiger partial charge on any atom is -0.456 e. The Morgan fingerprint density at radius 1 is 0.556 bits per heavy atom. The summed E-state index contributed by atoms with van der Waals surface area (Å²) in [6.45, 7) is 0. The van der Waals surface area contributed by atoms with Crippen molar-refractivity contribution in [1.82, 2.24) is 9.88 Å². The van der Waals surface area contributed by atoms with Gasteiger partial charge in [-0.15, -0.1) is 0 Å². The van der Waals surface area contributed by atoms with Gasteiger partial charge in [-0.2, -0.15) is 0 Å². The number of benzene rings is 8. The van der Waals surface area contributed by atoms with Crippen molar-refractivity contribution in [3.8, 4) is 22.3 Å². The molecule has 2 atom stereocenters. The van der Waals surface area contributed by atoms with Crippen molar-refractivity contribution in [1.29, 1.82) is 0 Å². The summed E-state index contributed by atoms with van der Waals surface area (Å²) in [6.07, 6.45) is 7.11. The summed E-state index contributed by atoms with van der Waals surface area (Å²) in [5.41, 5.74) is 17.4. The largest absolute Gasteiger partial charge is 0.456 e. The molecule has 0 fully saturated rings. The fourth-order valence-corrected chi connectivity index (χ4v) is 11.4. The molecule has 10 aromatic rings. The Bertz CT molecular complexity index is 3660. The Morgan fingerprint density at radius 3 is 2.02 bits per heavy atom.